The number of benzene rings is 1. The zero-order valence-electron chi connectivity index (χ0n) is 14.0. The van der Waals surface area contributed by atoms with E-state index in [1.54, 1.807) is 0 Å². The Kier molecular flexibility index (Phi) is 12.4. The van der Waals surface area contributed by atoms with Gasteiger partial charge >= 0.3 is 5.97 Å². The van der Waals surface area contributed by atoms with Gasteiger partial charge in [0, 0.05) is 6.42 Å². The Morgan fingerprint density at radius 1 is 1.27 bits per heavy atom. The zero-order chi connectivity index (χ0) is 16.8. The summed E-state index contributed by atoms with van der Waals surface area (Å²) in [6, 6.07) is 9.68. The molecule has 1 heterocycles. The Hall–Kier alpha value is -1.43. The number of nitrogens with two attached hydrogens (primary N) is 2. The predicted octanol–water partition coefficient (Wildman–Crippen LogP) is 2.23. The number of hydrogen-bond acceptors (Lipinski definition) is 5. The molecule has 126 valence electrons. The first kappa shape index (κ1) is 20.6. The minimum absolute atomic E-state index is 0.159. The number of cyclic esters (lactones) is 1. The Morgan fingerprint density at radius 2 is 1.86 bits per heavy atom. The molecule has 1 aromatic carbocycles. The fourth-order valence-corrected chi connectivity index (χ4v) is 1.84. The molecule has 0 bridgehead atoms. The zero-order valence-corrected chi connectivity index (χ0v) is 14.0. The molecule has 0 aromatic heterocycles. The van der Waals surface area contributed by atoms with Gasteiger partial charge in [-0.05, 0) is 19.0 Å². The van der Waals surface area contributed by atoms with Gasteiger partial charge in [0.1, 0.15) is 6.10 Å². The summed E-state index contributed by atoms with van der Waals surface area (Å²) < 4.78 is 10.6. The van der Waals surface area contributed by atoms with Crippen LogP contribution in [0.25, 0.3) is 0 Å². The molecule has 1 unspecified atom stereocenters. The minimum atomic E-state index is -0.231. The van der Waals surface area contributed by atoms with E-state index in [1.807, 2.05) is 30.3 Å². The van der Waals surface area contributed by atoms with E-state index in [9.17, 15) is 4.79 Å². The Morgan fingerprint density at radius 3 is 2.36 bits per heavy atom. The van der Waals surface area contributed by atoms with Crippen molar-refractivity contribution >= 4 is 5.97 Å². The molecule has 0 radical (unpaired) electrons. The van der Waals surface area contributed by atoms with Gasteiger partial charge in [-0.2, -0.15) is 0 Å². The van der Waals surface area contributed by atoms with Crippen molar-refractivity contribution in [3.05, 3.63) is 35.9 Å². The van der Waals surface area contributed by atoms with Crippen molar-refractivity contribution < 1.29 is 14.3 Å². The summed E-state index contributed by atoms with van der Waals surface area (Å²) in [6.45, 7) is 5.20. The third kappa shape index (κ3) is 8.77. The molecule has 1 aliphatic rings. The number of rotatable bonds is 5. The highest BCUT2D eigenvalue weighted by atomic mass is 16.6. The van der Waals surface area contributed by atoms with Crippen LogP contribution in [0.2, 0.25) is 0 Å². The van der Waals surface area contributed by atoms with Crippen molar-refractivity contribution in [2.45, 2.75) is 51.9 Å². The van der Waals surface area contributed by atoms with E-state index in [0.29, 0.717) is 26.1 Å². The molecule has 0 saturated carbocycles. The summed E-state index contributed by atoms with van der Waals surface area (Å²) in [5.41, 5.74) is 11.5. The average Bonchev–Trinajstić information content (AvgIpc) is 2.98. The van der Waals surface area contributed by atoms with Crippen LogP contribution in [-0.2, 0) is 20.9 Å². The van der Waals surface area contributed by atoms with Gasteiger partial charge < -0.3 is 20.9 Å². The van der Waals surface area contributed by atoms with Gasteiger partial charge in [0.05, 0.1) is 19.3 Å². The first-order valence-electron chi connectivity index (χ1n) is 7.81. The van der Waals surface area contributed by atoms with Crippen molar-refractivity contribution in [3.8, 4) is 0 Å². The van der Waals surface area contributed by atoms with E-state index in [4.69, 9.17) is 15.2 Å². The summed E-state index contributed by atoms with van der Waals surface area (Å²) in [5.74, 6) is -0.159. The lowest BCUT2D eigenvalue weighted by molar-refractivity contribution is -0.142. The van der Waals surface area contributed by atoms with Crippen LogP contribution in [0.15, 0.2) is 30.3 Å². The van der Waals surface area contributed by atoms with Crippen LogP contribution in [0.3, 0.4) is 0 Å². The van der Waals surface area contributed by atoms with Crippen LogP contribution in [-0.4, -0.2) is 31.8 Å². The predicted molar refractivity (Wildman–Crippen MR) is 89.3 cm³/mol. The molecule has 0 spiro atoms. The van der Waals surface area contributed by atoms with E-state index in [1.165, 1.54) is 13.5 Å². The highest BCUT2D eigenvalue weighted by Gasteiger charge is 2.28. The van der Waals surface area contributed by atoms with Crippen LogP contribution in [0, 0.1) is 0 Å². The van der Waals surface area contributed by atoms with Gasteiger partial charge in [-0.15, -0.1) is 0 Å². The standard InChI is InChI=1S/C13H17NO3.C3H8.CH5N/c14-11(12-6-7-13(15)17-12)9-16-8-10-4-2-1-3-5-10;1-3-2;1-2/h1-5,11-12H,6-9,14H2;3H2,1-2H3;2H2,1H3/t11-,12?;;/m0../s1. The molecule has 1 saturated heterocycles. The van der Waals surface area contributed by atoms with Gasteiger partial charge in [-0.25, -0.2) is 0 Å². The molecule has 0 amide bonds. The lowest BCUT2D eigenvalue weighted by Gasteiger charge is -2.17. The van der Waals surface area contributed by atoms with E-state index in [-0.39, 0.29) is 18.1 Å². The van der Waals surface area contributed by atoms with Gasteiger partial charge in [0.25, 0.3) is 0 Å². The third-order valence-corrected chi connectivity index (χ3v) is 2.82. The van der Waals surface area contributed by atoms with Gasteiger partial charge in [-0.3, -0.25) is 4.79 Å². The van der Waals surface area contributed by atoms with Crippen molar-refractivity contribution in [3.63, 3.8) is 0 Å². The van der Waals surface area contributed by atoms with Crippen molar-refractivity contribution in [1.82, 2.24) is 0 Å². The van der Waals surface area contributed by atoms with Gasteiger partial charge in [0.2, 0.25) is 0 Å². The largest absolute Gasteiger partial charge is 0.461 e. The Labute approximate surface area is 134 Å². The number of esters is 1. The van der Waals surface area contributed by atoms with Crippen molar-refractivity contribution in [2.75, 3.05) is 13.7 Å². The number of ether oxygens (including phenoxy) is 2. The molecule has 5 nitrogen and oxygen atoms in total. The van der Waals surface area contributed by atoms with E-state index in [2.05, 4.69) is 19.6 Å². The van der Waals surface area contributed by atoms with Crippen LogP contribution in [0.1, 0.15) is 38.7 Å². The molecule has 0 aliphatic carbocycles. The Bertz CT molecular complexity index is 385. The normalized spacial score (nSPS) is 17.5. The fourth-order valence-electron chi connectivity index (χ4n) is 1.84. The van der Waals surface area contributed by atoms with E-state index < -0.39 is 0 Å². The maximum absolute atomic E-state index is 10.9. The lowest BCUT2D eigenvalue weighted by Crippen LogP contribution is -2.38. The van der Waals surface area contributed by atoms with Crippen LogP contribution < -0.4 is 11.5 Å². The fraction of sp³-hybridized carbons (Fsp3) is 0.588. The number of carbonyl (C=O) groups excluding carboxylic acids is 1. The first-order chi connectivity index (χ1) is 10.7. The molecule has 4 N–H and O–H groups in total. The van der Waals surface area contributed by atoms with Gasteiger partial charge in [0.15, 0.2) is 0 Å². The first-order valence-corrected chi connectivity index (χ1v) is 7.81. The second-order valence-electron chi connectivity index (χ2n) is 4.94. The van der Waals surface area contributed by atoms with E-state index >= 15 is 0 Å². The molecule has 1 aliphatic heterocycles. The SMILES string of the molecule is CCC.CN.N[C@@H](COCc1ccccc1)C1CCC(=O)O1. The molecule has 1 aromatic rings. The smallest absolute Gasteiger partial charge is 0.306 e. The molecule has 22 heavy (non-hydrogen) atoms. The average molecular weight is 310 g/mol. The lowest BCUT2D eigenvalue weighted by atomic mass is 10.1. The summed E-state index contributed by atoms with van der Waals surface area (Å²) in [7, 11) is 1.50. The second kappa shape index (κ2) is 13.2. The quantitative estimate of drug-likeness (QED) is 0.814. The molecule has 2 atom stereocenters. The molecular formula is C17H30N2O3. The highest BCUT2D eigenvalue weighted by Crippen LogP contribution is 2.16. The van der Waals surface area contributed by atoms with Crippen LogP contribution >= 0.6 is 0 Å². The third-order valence-electron chi connectivity index (χ3n) is 2.82. The van der Waals surface area contributed by atoms with Crippen LogP contribution in [0.4, 0.5) is 0 Å². The molecular weight excluding hydrogens is 280 g/mol. The maximum Gasteiger partial charge on any atom is 0.306 e. The summed E-state index contributed by atoms with van der Waals surface area (Å²) in [4.78, 5) is 10.9. The summed E-state index contributed by atoms with van der Waals surface area (Å²) >= 11 is 0. The topological polar surface area (TPSA) is 87.6 Å². The number of hydrogen-bond donors (Lipinski definition) is 2. The number of carbonyl (C=O) groups is 1. The maximum atomic E-state index is 10.9. The monoisotopic (exact) mass is 310 g/mol. The summed E-state index contributed by atoms with van der Waals surface area (Å²) in [5, 5.41) is 0. The second-order valence-corrected chi connectivity index (χ2v) is 4.94. The highest BCUT2D eigenvalue weighted by molar-refractivity contribution is 5.71. The molecule has 2 rings (SSSR count). The van der Waals surface area contributed by atoms with Crippen molar-refractivity contribution in [2.24, 2.45) is 11.5 Å². The van der Waals surface area contributed by atoms with E-state index in [0.717, 1.165) is 5.56 Å². The Balaban J connectivity index is 0.000000789. The summed E-state index contributed by atoms with van der Waals surface area (Å²) in [6.07, 6.45) is 2.24. The van der Waals surface area contributed by atoms with Crippen molar-refractivity contribution in [1.29, 1.82) is 0 Å². The van der Waals surface area contributed by atoms with Crippen LogP contribution in [0.5, 0.6) is 0 Å². The van der Waals surface area contributed by atoms with Gasteiger partial charge in [-0.1, -0.05) is 50.6 Å². The molecule has 1 fully saturated rings. The minimum Gasteiger partial charge on any atom is -0.461 e. The molecule has 5 heteroatoms.